The van der Waals surface area contributed by atoms with E-state index in [1.165, 1.54) is 12.4 Å². The molecular formula is C10H14N4O4. The molecule has 98 valence electrons. The molecule has 1 aromatic rings. The summed E-state index contributed by atoms with van der Waals surface area (Å²) < 4.78 is 0. The molecule has 2 atom stereocenters. The number of carbonyl (C=O) groups is 2. The Labute approximate surface area is 103 Å². The minimum Gasteiger partial charge on any atom is -0.465 e. The molecule has 0 aliphatic carbocycles. The smallest absolute Gasteiger partial charge is 0.407 e. The maximum atomic E-state index is 11.7. The molecule has 2 amide bonds. The van der Waals surface area contributed by atoms with Gasteiger partial charge in [-0.25, -0.2) is 9.78 Å². The summed E-state index contributed by atoms with van der Waals surface area (Å²) in [5.74, 6) is -0.240. The van der Waals surface area contributed by atoms with Gasteiger partial charge in [-0.2, -0.15) is 0 Å². The van der Waals surface area contributed by atoms with Crippen LogP contribution in [0.25, 0.3) is 0 Å². The maximum absolute atomic E-state index is 11.7. The number of imidazole rings is 1. The number of aromatic nitrogens is 2. The van der Waals surface area contributed by atoms with Gasteiger partial charge in [0.2, 0.25) is 0 Å². The molecule has 2 unspecified atom stereocenters. The fourth-order valence-electron chi connectivity index (χ4n) is 1.90. The molecule has 8 nitrogen and oxygen atoms in total. The standard InChI is InChI=1S/C10H14N4O4/c15-7-5-14(10(17)18)4-1-6(7)13-9(16)8-11-2-3-12-8/h2-3,6-7,15H,1,4-5H2,(H,11,12)(H,13,16)(H,17,18). The number of hydrogen-bond acceptors (Lipinski definition) is 4. The normalized spacial score (nSPS) is 23.7. The first kappa shape index (κ1) is 12.4. The number of nitrogens with one attached hydrogen (secondary N) is 2. The van der Waals surface area contributed by atoms with Gasteiger partial charge in [-0.3, -0.25) is 4.79 Å². The summed E-state index contributed by atoms with van der Waals surface area (Å²) in [5.41, 5.74) is 0. The van der Waals surface area contributed by atoms with Gasteiger partial charge in [0.1, 0.15) is 0 Å². The van der Waals surface area contributed by atoms with Crippen molar-refractivity contribution in [2.45, 2.75) is 18.6 Å². The molecule has 0 saturated carbocycles. The van der Waals surface area contributed by atoms with Gasteiger partial charge in [-0.05, 0) is 6.42 Å². The zero-order valence-corrected chi connectivity index (χ0v) is 9.54. The maximum Gasteiger partial charge on any atom is 0.407 e. The van der Waals surface area contributed by atoms with Crippen LogP contribution in [0.4, 0.5) is 4.79 Å². The van der Waals surface area contributed by atoms with Gasteiger partial charge in [0.25, 0.3) is 5.91 Å². The van der Waals surface area contributed by atoms with E-state index in [0.717, 1.165) is 4.90 Å². The molecule has 0 radical (unpaired) electrons. The van der Waals surface area contributed by atoms with E-state index in [1.807, 2.05) is 0 Å². The number of H-pyrrole nitrogens is 1. The van der Waals surface area contributed by atoms with Crippen LogP contribution >= 0.6 is 0 Å². The number of carboxylic acid groups (broad SMARTS) is 1. The van der Waals surface area contributed by atoms with E-state index in [4.69, 9.17) is 5.11 Å². The lowest BCUT2D eigenvalue weighted by Crippen LogP contribution is -2.55. The lowest BCUT2D eigenvalue weighted by molar-refractivity contribution is 0.0389. The van der Waals surface area contributed by atoms with Crippen molar-refractivity contribution in [2.75, 3.05) is 13.1 Å². The van der Waals surface area contributed by atoms with Crippen LogP contribution < -0.4 is 5.32 Å². The van der Waals surface area contributed by atoms with Crippen LogP contribution in [0.2, 0.25) is 0 Å². The van der Waals surface area contributed by atoms with Gasteiger partial charge in [0.15, 0.2) is 5.82 Å². The quantitative estimate of drug-likeness (QED) is 0.554. The van der Waals surface area contributed by atoms with Crippen molar-refractivity contribution in [3.63, 3.8) is 0 Å². The Morgan fingerprint density at radius 2 is 2.33 bits per heavy atom. The number of β-amino-alcohol motifs (C(OH)–C–C–N with tert-alkyl or cyclic N) is 1. The highest BCUT2D eigenvalue weighted by molar-refractivity contribution is 5.90. The van der Waals surface area contributed by atoms with Crippen molar-refractivity contribution in [1.82, 2.24) is 20.2 Å². The van der Waals surface area contributed by atoms with E-state index in [-0.39, 0.29) is 18.9 Å². The number of piperidine rings is 1. The summed E-state index contributed by atoms with van der Waals surface area (Å²) in [5, 5.41) is 21.2. The minimum atomic E-state index is -1.06. The number of carbonyl (C=O) groups excluding carboxylic acids is 1. The zero-order chi connectivity index (χ0) is 13.1. The Balaban J connectivity index is 1.91. The first-order valence-electron chi connectivity index (χ1n) is 5.54. The average molecular weight is 254 g/mol. The van der Waals surface area contributed by atoms with Gasteiger partial charge in [-0.15, -0.1) is 0 Å². The molecule has 1 saturated heterocycles. The van der Waals surface area contributed by atoms with Gasteiger partial charge in [-0.1, -0.05) is 0 Å². The van der Waals surface area contributed by atoms with Crippen LogP contribution in [0.5, 0.6) is 0 Å². The summed E-state index contributed by atoms with van der Waals surface area (Å²) >= 11 is 0. The van der Waals surface area contributed by atoms with Crippen LogP contribution in [-0.2, 0) is 0 Å². The van der Waals surface area contributed by atoms with Crippen molar-refractivity contribution in [3.8, 4) is 0 Å². The van der Waals surface area contributed by atoms with Crippen molar-refractivity contribution < 1.29 is 19.8 Å². The number of rotatable bonds is 2. The Kier molecular flexibility index (Phi) is 3.47. The Bertz CT molecular complexity index is 433. The third kappa shape index (κ3) is 2.59. The summed E-state index contributed by atoms with van der Waals surface area (Å²) in [7, 11) is 0. The zero-order valence-electron chi connectivity index (χ0n) is 9.54. The molecular weight excluding hydrogens is 240 g/mol. The lowest BCUT2D eigenvalue weighted by atomic mass is 10.0. The van der Waals surface area contributed by atoms with E-state index in [1.54, 1.807) is 0 Å². The topological polar surface area (TPSA) is 119 Å². The lowest BCUT2D eigenvalue weighted by Gasteiger charge is -2.34. The molecule has 18 heavy (non-hydrogen) atoms. The molecule has 1 aliphatic heterocycles. The van der Waals surface area contributed by atoms with E-state index in [0.29, 0.717) is 6.42 Å². The fourth-order valence-corrected chi connectivity index (χ4v) is 1.90. The summed E-state index contributed by atoms with van der Waals surface area (Å²) in [6.07, 6.45) is 1.38. The Hall–Kier alpha value is -2.09. The molecule has 0 spiro atoms. The number of aliphatic hydroxyl groups is 1. The SMILES string of the molecule is O=C(NC1CCN(C(=O)O)CC1O)c1ncc[nH]1. The molecule has 1 fully saturated rings. The predicted octanol–water partition coefficient (Wildman–Crippen LogP) is -0.747. The highest BCUT2D eigenvalue weighted by atomic mass is 16.4. The highest BCUT2D eigenvalue weighted by Crippen LogP contribution is 2.11. The van der Waals surface area contributed by atoms with E-state index >= 15 is 0 Å². The number of amides is 2. The van der Waals surface area contributed by atoms with Crippen molar-refractivity contribution in [2.24, 2.45) is 0 Å². The van der Waals surface area contributed by atoms with Gasteiger partial charge in [0, 0.05) is 18.9 Å². The Morgan fingerprint density at radius 1 is 1.56 bits per heavy atom. The van der Waals surface area contributed by atoms with Crippen LogP contribution in [-0.4, -0.2) is 62.3 Å². The molecule has 2 heterocycles. The molecule has 2 rings (SSSR count). The second-order valence-corrected chi connectivity index (χ2v) is 4.10. The molecule has 4 N–H and O–H groups in total. The number of aliphatic hydroxyl groups excluding tert-OH is 1. The molecule has 0 aromatic carbocycles. The van der Waals surface area contributed by atoms with Gasteiger partial charge in [0.05, 0.1) is 18.7 Å². The van der Waals surface area contributed by atoms with Crippen molar-refractivity contribution in [1.29, 1.82) is 0 Å². The van der Waals surface area contributed by atoms with Crippen LogP contribution in [0.15, 0.2) is 12.4 Å². The van der Waals surface area contributed by atoms with Crippen molar-refractivity contribution in [3.05, 3.63) is 18.2 Å². The van der Waals surface area contributed by atoms with Gasteiger partial charge < -0.3 is 25.4 Å². The number of nitrogens with zero attached hydrogens (tertiary/aromatic N) is 2. The minimum absolute atomic E-state index is 0.00155. The van der Waals surface area contributed by atoms with Crippen molar-refractivity contribution >= 4 is 12.0 Å². The first-order valence-corrected chi connectivity index (χ1v) is 5.54. The number of aromatic amines is 1. The summed E-state index contributed by atoms with van der Waals surface area (Å²) in [6, 6.07) is -0.460. The van der Waals surface area contributed by atoms with E-state index in [9.17, 15) is 14.7 Å². The molecule has 1 aromatic heterocycles. The molecule has 1 aliphatic rings. The number of likely N-dealkylation sites (tertiary alicyclic amines) is 1. The first-order chi connectivity index (χ1) is 8.58. The average Bonchev–Trinajstić information content (AvgIpc) is 2.85. The van der Waals surface area contributed by atoms with Crippen LogP contribution in [0.1, 0.15) is 17.0 Å². The fraction of sp³-hybridized carbons (Fsp3) is 0.500. The predicted molar refractivity (Wildman–Crippen MR) is 60.1 cm³/mol. The second-order valence-electron chi connectivity index (χ2n) is 4.10. The number of hydrogen-bond donors (Lipinski definition) is 4. The van der Waals surface area contributed by atoms with Gasteiger partial charge >= 0.3 is 6.09 Å². The second kappa shape index (κ2) is 5.05. The van der Waals surface area contributed by atoms with E-state index < -0.39 is 24.1 Å². The molecule has 0 bridgehead atoms. The van der Waals surface area contributed by atoms with Crippen LogP contribution in [0.3, 0.4) is 0 Å². The summed E-state index contributed by atoms with van der Waals surface area (Å²) in [4.78, 5) is 30.0. The Morgan fingerprint density at radius 3 is 2.89 bits per heavy atom. The van der Waals surface area contributed by atoms with E-state index in [2.05, 4.69) is 15.3 Å². The summed E-state index contributed by atoms with van der Waals surface area (Å²) in [6.45, 7) is 0.286. The third-order valence-corrected chi connectivity index (χ3v) is 2.88. The highest BCUT2D eigenvalue weighted by Gasteiger charge is 2.31. The monoisotopic (exact) mass is 254 g/mol. The molecule has 8 heteroatoms. The third-order valence-electron chi connectivity index (χ3n) is 2.88. The van der Waals surface area contributed by atoms with Crippen LogP contribution in [0, 0.1) is 0 Å². The largest absolute Gasteiger partial charge is 0.465 e.